The van der Waals surface area contributed by atoms with Crippen molar-refractivity contribution >= 4 is 11.8 Å². The van der Waals surface area contributed by atoms with Gasteiger partial charge in [0.15, 0.2) is 0 Å². The van der Waals surface area contributed by atoms with Crippen LogP contribution in [0.2, 0.25) is 0 Å². The highest BCUT2D eigenvalue weighted by Crippen LogP contribution is 2.41. The minimum absolute atomic E-state index is 0.0275. The fraction of sp³-hybridized carbons (Fsp3) is 0.182. The summed E-state index contributed by atoms with van der Waals surface area (Å²) in [5.41, 5.74) is 6.14. The molecule has 0 spiro atoms. The number of fused-ring (bicyclic) bond motifs is 1. The third-order valence-electron chi connectivity index (χ3n) is 6.63. The number of nitrogens with one attached hydrogen (secondary N) is 2. The van der Waals surface area contributed by atoms with E-state index in [2.05, 4.69) is 40.7 Å². The number of methoxy groups -OCH3 is 1. The van der Waals surface area contributed by atoms with Crippen LogP contribution in [0.1, 0.15) is 46.3 Å². The standard InChI is InChI=1S/C33H30N2O3/c1-37-28-19-9-18-27(21-28)30-22-31(35-33(36)38-23-25-13-6-3-7-14-25)29-20-10-17-26(32(29)34-30)16-8-15-24-11-4-2-5-12-24/h2-7,9-14,17-21,30-31,34H,16,22-23H2,1H3,(H,35,36)/t30-,31-/m0/s1. The zero-order valence-corrected chi connectivity index (χ0v) is 21.3. The van der Waals surface area contributed by atoms with Crippen LogP contribution in [0.3, 0.4) is 0 Å². The molecule has 4 aromatic carbocycles. The van der Waals surface area contributed by atoms with E-state index in [1.807, 2.05) is 84.9 Å². The molecule has 38 heavy (non-hydrogen) atoms. The predicted octanol–water partition coefficient (Wildman–Crippen LogP) is 6.81. The van der Waals surface area contributed by atoms with Gasteiger partial charge in [-0.25, -0.2) is 4.79 Å². The quantitative estimate of drug-likeness (QED) is 0.284. The van der Waals surface area contributed by atoms with Gasteiger partial charge in [0.1, 0.15) is 12.4 Å². The van der Waals surface area contributed by atoms with Gasteiger partial charge in [0.05, 0.1) is 19.2 Å². The normalized spacial score (nSPS) is 15.7. The van der Waals surface area contributed by atoms with Crippen LogP contribution in [0.4, 0.5) is 10.5 Å². The molecule has 5 rings (SSSR count). The Hall–Kier alpha value is -4.69. The van der Waals surface area contributed by atoms with Crippen molar-refractivity contribution in [3.8, 4) is 17.6 Å². The number of anilines is 1. The van der Waals surface area contributed by atoms with E-state index in [1.165, 1.54) is 0 Å². The monoisotopic (exact) mass is 502 g/mol. The first-order chi connectivity index (χ1) is 18.7. The predicted molar refractivity (Wildman–Crippen MR) is 150 cm³/mol. The lowest BCUT2D eigenvalue weighted by Crippen LogP contribution is -2.35. The molecule has 0 fully saturated rings. The van der Waals surface area contributed by atoms with Crippen molar-refractivity contribution in [3.05, 3.63) is 131 Å². The molecule has 5 heteroatoms. The lowest BCUT2D eigenvalue weighted by atomic mass is 9.87. The number of hydrogen-bond acceptors (Lipinski definition) is 4. The number of rotatable bonds is 6. The maximum Gasteiger partial charge on any atom is 0.407 e. The summed E-state index contributed by atoms with van der Waals surface area (Å²) in [6.45, 7) is 0.221. The molecule has 5 nitrogen and oxygen atoms in total. The third kappa shape index (κ3) is 6.16. The second-order valence-electron chi connectivity index (χ2n) is 9.19. The number of para-hydroxylation sites is 1. The summed E-state index contributed by atoms with van der Waals surface area (Å²) in [7, 11) is 1.67. The maximum atomic E-state index is 12.9. The van der Waals surface area contributed by atoms with Crippen molar-refractivity contribution in [1.29, 1.82) is 0 Å². The van der Waals surface area contributed by atoms with Gasteiger partial charge in [-0.1, -0.05) is 90.7 Å². The molecule has 2 N–H and O–H groups in total. The highest BCUT2D eigenvalue weighted by atomic mass is 16.5. The Balaban J connectivity index is 1.40. The Morgan fingerprint density at radius 3 is 2.50 bits per heavy atom. The Morgan fingerprint density at radius 1 is 0.947 bits per heavy atom. The van der Waals surface area contributed by atoms with Gasteiger partial charge in [-0.3, -0.25) is 0 Å². The summed E-state index contributed by atoms with van der Waals surface area (Å²) in [5.74, 6) is 7.36. The van der Waals surface area contributed by atoms with Gasteiger partial charge in [0.2, 0.25) is 0 Å². The van der Waals surface area contributed by atoms with Crippen LogP contribution in [0, 0.1) is 11.8 Å². The first kappa shape index (κ1) is 25.0. The number of hydrogen-bond donors (Lipinski definition) is 2. The average molecular weight is 503 g/mol. The van der Waals surface area contributed by atoms with Crippen LogP contribution in [0.25, 0.3) is 0 Å². The molecule has 1 amide bonds. The van der Waals surface area contributed by atoms with Crippen molar-refractivity contribution in [2.24, 2.45) is 0 Å². The number of ether oxygens (including phenoxy) is 2. The van der Waals surface area contributed by atoms with E-state index in [-0.39, 0.29) is 18.7 Å². The fourth-order valence-electron chi connectivity index (χ4n) is 4.71. The Bertz CT molecular complexity index is 1440. The summed E-state index contributed by atoms with van der Waals surface area (Å²) < 4.78 is 11.0. The molecule has 1 heterocycles. The minimum Gasteiger partial charge on any atom is -0.497 e. The van der Waals surface area contributed by atoms with Gasteiger partial charge < -0.3 is 20.1 Å². The molecule has 1 aliphatic rings. The van der Waals surface area contributed by atoms with Crippen LogP contribution in [0.15, 0.2) is 103 Å². The van der Waals surface area contributed by atoms with E-state index < -0.39 is 6.09 Å². The Kier molecular flexibility index (Phi) is 7.91. The van der Waals surface area contributed by atoms with Crippen LogP contribution < -0.4 is 15.4 Å². The van der Waals surface area contributed by atoms with Crippen molar-refractivity contribution in [2.75, 3.05) is 12.4 Å². The van der Waals surface area contributed by atoms with Crippen LogP contribution >= 0.6 is 0 Å². The van der Waals surface area contributed by atoms with Gasteiger partial charge >= 0.3 is 6.09 Å². The fourth-order valence-corrected chi connectivity index (χ4v) is 4.71. The minimum atomic E-state index is -0.439. The summed E-state index contributed by atoms with van der Waals surface area (Å²) in [6, 6.07) is 33.6. The molecule has 0 unspecified atom stereocenters. The molecule has 0 aliphatic carbocycles. The van der Waals surface area contributed by atoms with Crippen molar-refractivity contribution in [3.63, 3.8) is 0 Å². The second kappa shape index (κ2) is 12.0. The molecule has 1 aliphatic heterocycles. The van der Waals surface area contributed by atoms with E-state index >= 15 is 0 Å². The smallest absolute Gasteiger partial charge is 0.407 e. The van der Waals surface area contributed by atoms with Gasteiger partial charge in [-0.05, 0) is 52.9 Å². The largest absolute Gasteiger partial charge is 0.497 e. The van der Waals surface area contributed by atoms with Crippen molar-refractivity contribution in [2.45, 2.75) is 31.5 Å². The summed E-state index contributed by atoms with van der Waals surface area (Å²) >= 11 is 0. The number of carbonyl (C=O) groups excluding carboxylic acids is 1. The SMILES string of the molecule is COc1cccc([C@@H]2C[C@H](NC(=O)OCc3ccccc3)c3cccc(CC#Cc4ccccc4)c3N2)c1. The van der Waals surface area contributed by atoms with Crippen LogP contribution in [-0.4, -0.2) is 13.2 Å². The molecular weight excluding hydrogens is 472 g/mol. The lowest BCUT2D eigenvalue weighted by Gasteiger charge is -2.35. The molecule has 0 saturated heterocycles. The van der Waals surface area contributed by atoms with Crippen LogP contribution in [0.5, 0.6) is 5.75 Å². The summed E-state index contributed by atoms with van der Waals surface area (Å²) in [4.78, 5) is 12.9. The van der Waals surface area contributed by atoms with E-state index in [0.717, 1.165) is 39.3 Å². The van der Waals surface area contributed by atoms with E-state index in [4.69, 9.17) is 9.47 Å². The first-order valence-corrected chi connectivity index (χ1v) is 12.7. The molecule has 0 saturated carbocycles. The van der Waals surface area contributed by atoms with Gasteiger partial charge in [0.25, 0.3) is 0 Å². The highest BCUT2D eigenvalue weighted by Gasteiger charge is 2.30. The Morgan fingerprint density at radius 2 is 1.71 bits per heavy atom. The summed E-state index contributed by atoms with van der Waals surface area (Å²) in [5, 5.41) is 6.84. The lowest BCUT2D eigenvalue weighted by molar-refractivity contribution is 0.134. The van der Waals surface area contributed by atoms with E-state index in [0.29, 0.717) is 12.8 Å². The van der Waals surface area contributed by atoms with Crippen LogP contribution in [-0.2, 0) is 17.8 Å². The molecule has 0 radical (unpaired) electrons. The topological polar surface area (TPSA) is 59.6 Å². The van der Waals surface area contributed by atoms with E-state index in [9.17, 15) is 4.79 Å². The molecule has 2 atom stereocenters. The van der Waals surface area contributed by atoms with Crippen molar-refractivity contribution < 1.29 is 14.3 Å². The third-order valence-corrected chi connectivity index (χ3v) is 6.63. The molecule has 0 bridgehead atoms. The maximum absolute atomic E-state index is 12.9. The second-order valence-corrected chi connectivity index (χ2v) is 9.19. The number of amides is 1. The first-order valence-electron chi connectivity index (χ1n) is 12.7. The zero-order valence-electron chi connectivity index (χ0n) is 21.3. The van der Waals surface area contributed by atoms with E-state index in [1.54, 1.807) is 7.11 Å². The molecule has 4 aromatic rings. The molecule has 0 aromatic heterocycles. The highest BCUT2D eigenvalue weighted by molar-refractivity contribution is 5.70. The van der Waals surface area contributed by atoms with Gasteiger partial charge in [-0.15, -0.1) is 0 Å². The van der Waals surface area contributed by atoms with Gasteiger partial charge in [-0.2, -0.15) is 0 Å². The van der Waals surface area contributed by atoms with Crippen molar-refractivity contribution in [1.82, 2.24) is 5.32 Å². The zero-order chi connectivity index (χ0) is 26.2. The number of benzene rings is 4. The number of alkyl carbamates (subject to hydrolysis) is 1. The summed E-state index contributed by atoms with van der Waals surface area (Å²) in [6.07, 6.45) is 0.811. The average Bonchev–Trinajstić information content (AvgIpc) is 2.97. The number of carbonyl (C=O) groups is 1. The Labute approximate surface area is 223 Å². The molecular formula is C33H30N2O3. The van der Waals surface area contributed by atoms with Gasteiger partial charge in [0, 0.05) is 17.7 Å². The molecule has 190 valence electrons.